The maximum atomic E-state index is 12.2. The first kappa shape index (κ1) is 17.7. The topological polar surface area (TPSA) is 71.1 Å². The van der Waals surface area contributed by atoms with Gasteiger partial charge in [0.05, 0.1) is 11.1 Å². The second-order valence-electron chi connectivity index (χ2n) is 5.74. The van der Waals surface area contributed by atoms with Crippen molar-refractivity contribution in [2.75, 3.05) is 6.54 Å². The minimum absolute atomic E-state index is 0.205. The van der Waals surface area contributed by atoms with E-state index in [4.69, 9.17) is 0 Å². The van der Waals surface area contributed by atoms with Gasteiger partial charge in [-0.3, -0.25) is 14.6 Å². The molecule has 0 saturated heterocycles. The number of amides is 2. The van der Waals surface area contributed by atoms with E-state index in [1.165, 1.54) is 18.0 Å². The van der Waals surface area contributed by atoms with E-state index in [0.717, 1.165) is 18.4 Å². The number of carbonyl (C=O) groups excluding carboxylic acids is 2. The van der Waals surface area contributed by atoms with Crippen LogP contribution in [0.2, 0.25) is 0 Å². The van der Waals surface area contributed by atoms with Crippen molar-refractivity contribution < 1.29 is 9.59 Å². The molecule has 5 heteroatoms. The summed E-state index contributed by atoms with van der Waals surface area (Å²) in [5, 5.41) is 5.66. The van der Waals surface area contributed by atoms with Crippen LogP contribution in [0.15, 0.2) is 42.7 Å². The van der Waals surface area contributed by atoms with Crippen molar-refractivity contribution >= 4 is 11.8 Å². The van der Waals surface area contributed by atoms with Crippen LogP contribution in [0, 0.1) is 6.92 Å². The molecule has 0 fully saturated rings. The molecule has 0 aliphatic heterocycles. The molecule has 1 heterocycles. The smallest absolute Gasteiger partial charge is 0.253 e. The number of hydrogen-bond acceptors (Lipinski definition) is 3. The maximum absolute atomic E-state index is 12.2. The van der Waals surface area contributed by atoms with Crippen molar-refractivity contribution in [3.63, 3.8) is 0 Å². The van der Waals surface area contributed by atoms with Crippen LogP contribution >= 0.6 is 0 Å². The molecule has 0 spiro atoms. The van der Waals surface area contributed by atoms with Crippen molar-refractivity contribution in [2.24, 2.45) is 0 Å². The summed E-state index contributed by atoms with van der Waals surface area (Å²) in [6, 6.07) is 9.53. The molecule has 5 nitrogen and oxygen atoms in total. The van der Waals surface area contributed by atoms with E-state index < -0.39 is 0 Å². The van der Waals surface area contributed by atoms with Gasteiger partial charge in [-0.15, -0.1) is 0 Å². The highest BCUT2D eigenvalue weighted by atomic mass is 16.2. The lowest BCUT2D eigenvalue weighted by Crippen LogP contribution is -2.26. The fraction of sp³-hybridized carbons (Fsp3) is 0.316. The Morgan fingerprint density at radius 2 is 1.62 bits per heavy atom. The lowest BCUT2D eigenvalue weighted by Gasteiger charge is -2.08. The lowest BCUT2D eigenvalue weighted by molar-refractivity contribution is 0.0950. The summed E-state index contributed by atoms with van der Waals surface area (Å²) in [6.45, 7) is 5.14. The number of rotatable bonds is 7. The molecule has 0 radical (unpaired) electrons. The van der Waals surface area contributed by atoms with Crippen LogP contribution in [0.1, 0.15) is 51.6 Å². The molecule has 2 N–H and O–H groups in total. The van der Waals surface area contributed by atoms with Crippen molar-refractivity contribution in [1.29, 1.82) is 0 Å². The molecule has 2 rings (SSSR count). The van der Waals surface area contributed by atoms with Crippen LogP contribution in [-0.2, 0) is 6.54 Å². The molecular weight excluding hydrogens is 302 g/mol. The van der Waals surface area contributed by atoms with Crippen molar-refractivity contribution in [1.82, 2.24) is 15.6 Å². The van der Waals surface area contributed by atoms with Gasteiger partial charge >= 0.3 is 0 Å². The van der Waals surface area contributed by atoms with Crippen molar-refractivity contribution in [3.8, 4) is 0 Å². The Morgan fingerprint density at radius 3 is 2.25 bits per heavy atom. The number of nitrogens with one attached hydrogen (secondary N) is 2. The standard InChI is InChI=1S/C19H23N3O2/c1-3-4-9-21-18(23)16-10-17(13-20-12-16)19(24)22-11-15-7-5-14(2)6-8-15/h5-8,10,12-13H,3-4,9,11H2,1-2H3,(H,21,23)(H,22,24). The highest BCUT2D eigenvalue weighted by Crippen LogP contribution is 2.06. The molecule has 2 aromatic rings. The molecular formula is C19H23N3O2. The average Bonchev–Trinajstić information content (AvgIpc) is 2.61. The first-order valence-electron chi connectivity index (χ1n) is 8.17. The molecule has 1 aromatic carbocycles. The van der Waals surface area contributed by atoms with Gasteiger partial charge in [-0.2, -0.15) is 0 Å². The Morgan fingerprint density at radius 1 is 1.00 bits per heavy atom. The molecule has 0 bridgehead atoms. The minimum Gasteiger partial charge on any atom is -0.352 e. The van der Waals surface area contributed by atoms with Crippen LogP contribution in [-0.4, -0.2) is 23.3 Å². The second kappa shape index (κ2) is 8.82. The number of aromatic nitrogens is 1. The zero-order valence-electron chi connectivity index (χ0n) is 14.1. The second-order valence-corrected chi connectivity index (χ2v) is 5.74. The SMILES string of the molecule is CCCCNC(=O)c1cncc(C(=O)NCc2ccc(C)cc2)c1. The van der Waals surface area contributed by atoms with Gasteiger partial charge in [0.15, 0.2) is 0 Å². The van der Waals surface area contributed by atoms with E-state index in [1.807, 2.05) is 31.2 Å². The molecule has 24 heavy (non-hydrogen) atoms. The lowest BCUT2D eigenvalue weighted by atomic mass is 10.1. The maximum Gasteiger partial charge on any atom is 0.253 e. The number of carbonyl (C=O) groups is 2. The fourth-order valence-corrected chi connectivity index (χ4v) is 2.16. The molecule has 0 aliphatic rings. The zero-order chi connectivity index (χ0) is 17.4. The number of pyridine rings is 1. The summed E-state index contributed by atoms with van der Waals surface area (Å²) in [6.07, 6.45) is 4.88. The summed E-state index contributed by atoms with van der Waals surface area (Å²) in [5.74, 6) is -0.449. The first-order valence-corrected chi connectivity index (χ1v) is 8.17. The summed E-state index contributed by atoms with van der Waals surface area (Å²) in [5.41, 5.74) is 2.98. The van der Waals surface area contributed by atoms with E-state index in [9.17, 15) is 9.59 Å². The predicted octanol–water partition coefficient (Wildman–Crippen LogP) is 2.85. The van der Waals surface area contributed by atoms with Crippen LogP contribution in [0.5, 0.6) is 0 Å². The normalized spacial score (nSPS) is 10.2. The monoisotopic (exact) mass is 325 g/mol. The average molecular weight is 325 g/mol. The van der Waals surface area contributed by atoms with Gasteiger partial charge < -0.3 is 10.6 Å². The summed E-state index contributed by atoms with van der Waals surface area (Å²) in [4.78, 5) is 28.3. The fourth-order valence-electron chi connectivity index (χ4n) is 2.16. The highest BCUT2D eigenvalue weighted by Gasteiger charge is 2.11. The molecule has 0 unspecified atom stereocenters. The number of benzene rings is 1. The van der Waals surface area contributed by atoms with E-state index in [0.29, 0.717) is 24.2 Å². The van der Waals surface area contributed by atoms with Gasteiger partial charge in [-0.1, -0.05) is 43.2 Å². The number of unbranched alkanes of at least 4 members (excludes halogenated alkanes) is 1. The molecule has 126 valence electrons. The van der Waals surface area contributed by atoms with Crippen LogP contribution in [0.25, 0.3) is 0 Å². The van der Waals surface area contributed by atoms with Crippen molar-refractivity contribution in [2.45, 2.75) is 33.2 Å². The quantitative estimate of drug-likeness (QED) is 0.769. The molecule has 0 aliphatic carbocycles. The van der Waals surface area contributed by atoms with Gasteiger partial charge in [0.1, 0.15) is 0 Å². The van der Waals surface area contributed by atoms with Gasteiger partial charge in [0.2, 0.25) is 0 Å². The highest BCUT2D eigenvalue weighted by molar-refractivity contribution is 5.99. The number of hydrogen-bond donors (Lipinski definition) is 2. The number of aryl methyl sites for hydroxylation is 1. The summed E-state index contributed by atoms with van der Waals surface area (Å²) in [7, 11) is 0. The molecule has 0 atom stereocenters. The van der Waals surface area contributed by atoms with Gasteiger partial charge in [0, 0.05) is 25.5 Å². The zero-order valence-corrected chi connectivity index (χ0v) is 14.1. The van der Waals surface area contributed by atoms with Crippen LogP contribution in [0.4, 0.5) is 0 Å². The Hall–Kier alpha value is -2.69. The first-order chi connectivity index (χ1) is 11.6. The van der Waals surface area contributed by atoms with E-state index in [-0.39, 0.29) is 11.8 Å². The van der Waals surface area contributed by atoms with Gasteiger partial charge in [0.25, 0.3) is 11.8 Å². The van der Waals surface area contributed by atoms with Crippen LogP contribution in [0.3, 0.4) is 0 Å². The summed E-state index contributed by atoms with van der Waals surface area (Å²) < 4.78 is 0. The third-order valence-corrected chi connectivity index (χ3v) is 3.65. The largest absolute Gasteiger partial charge is 0.352 e. The summed E-state index contributed by atoms with van der Waals surface area (Å²) >= 11 is 0. The minimum atomic E-state index is -0.244. The molecule has 2 amide bonds. The third-order valence-electron chi connectivity index (χ3n) is 3.65. The van der Waals surface area contributed by atoms with E-state index in [2.05, 4.69) is 22.5 Å². The Balaban J connectivity index is 1.95. The third kappa shape index (κ3) is 5.19. The van der Waals surface area contributed by atoms with E-state index >= 15 is 0 Å². The Labute approximate surface area is 142 Å². The number of nitrogens with zero attached hydrogens (tertiary/aromatic N) is 1. The molecule has 0 saturated carbocycles. The Kier molecular flexibility index (Phi) is 6.49. The van der Waals surface area contributed by atoms with Crippen molar-refractivity contribution in [3.05, 3.63) is 65.0 Å². The van der Waals surface area contributed by atoms with Gasteiger partial charge in [-0.25, -0.2) is 0 Å². The van der Waals surface area contributed by atoms with Crippen LogP contribution < -0.4 is 10.6 Å². The predicted molar refractivity (Wildman–Crippen MR) is 93.8 cm³/mol. The van der Waals surface area contributed by atoms with Gasteiger partial charge in [-0.05, 0) is 25.0 Å². The Bertz CT molecular complexity index is 696. The van der Waals surface area contributed by atoms with E-state index in [1.54, 1.807) is 6.07 Å². The molecule has 1 aromatic heterocycles.